The maximum Gasteiger partial charge on any atom is 0.195 e. The molecular weight excluding hydrogens is 833 g/mol. The zero-order chi connectivity index (χ0) is 48.0. The molecule has 6 heteroatoms. The third kappa shape index (κ3) is 6.90. The summed E-state index contributed by atoms with van der Waals surface area (Å²) < 4.78 is 0. The highest BCUT2D eigenvalue weighted by molar-refractivity contribution is 6.25. The molecule has 0 unspecified atom stereocenters. The van der Waals surface area contributed by atoms with Crippen molar-refractivity contribution in [2.24, 2.45) is 0 Å². The lowest BCUT2D eigenvalue weighted by molar-refractivity contribution is 0.103. The quantitative estimate of drug-likeness (QED) is 0.181. The Labute approximate surface area is 399 Å². The van der Waals surface area contributed by atoms with Gasteiger partial charge in [-0.3, -0.25) is 9.59 Å². The molecule has 4 aromatic carbocycles. The van der Waals surface area contributed by atoms with Gasteiger partial charge in [0.15, 0.2) is 11.6 Å². The molecule has 6 nitrogen and oxygen atoms in total. The summed E-state index contributed by atoms with van der Waals surface area (Å²) in [5.74, 6) is -0.0792. The third-order valence-corrected chi connectivity index (χ3v) is 14.3. The monoisotopic (exact) mass is 890 g/mol. The van der Waals surface area contributed by atoms with E-state index in [2.05, 4.69) is 154 Å². The van der Waals surface area contributed by atoms with Gasteiger partial charge in [-0.1, -0.05) is 168 Å². The number of carbonyl (C=O) groups is 2. The van der Waals surface area contributed by atoms with Crippen LogP contribution in [0.25, 0.3) is 90.9 Å². The van der Waals surface area contributed by atoms with Crippen LogP contribution in [0.2, 0.25) is 0 Å². The molecular formula is C62H58N4O2. The van der Waals surface area contributed by atoms with Gasteiger partial charge in [0.25, 0.3) is 0 Å². The number of carbonyl (C=O) groups excluding carboxylic acids is 2. The average Bonchev–Trinajstić information content (AvgIpc) is 4.11. The molecule has 8 bridgehead atoms. The van der Waals surface area contributed by atoms with E-state index in [1.807, 2.05) is 60.7 Å². The van der Waals surface area contributed by atoms with Crippen LogP contribution in [0.3, 0.4) is 0 Å². The molecule has 0 radical (unpaired) electrons. The molecule has 338 valence electrons. The highest BCUT2D eigenvalue weighted by Crippen LogP contribution is 2.47. The van der Waals surface area contributed by atoms with Crippen molar-refractivity contribution >= 4 is 57.9 Å². The molecule has 0 atom stereocenters. The summed E-state index contributed by atoms with van der Waals surface area (Å²) in [4.78, 5) is 48.5. The number of hydrogen-bond acceptors (Lipinski definition) is 4. The Kier molecular flexibility index (Phi) is 9.35. The first-order chi connectivity index (χ1) is 32.0. The number of rotatable bonds is 2. The van der Waals surface area contributed by atoms with Gasteiger partial charge in [0.2, 0.25) is 0 Å². The largest absolute Gasteiger partial charge is 0.354 e. The Morgan fingerprint density at radius 3 is 0.956 bits per heavy atom. The van der Waals surface area contributed by atoms with Gasteiger partial charge < -0.3 is 9.97 Å². The van der Waals surface area contributed by atoms with Gasteiger partial charge in [-0.25, -0.2) is 9.97 Å². The van der Waals surface area contributed by atoms with Gasteiger partial charge in [0.05, 0.1) is 33.8 Å². The van der Waals surface area contributed by atoms with E-state index in [0.717, 1.165) is 89.4 Å². The van der Waals surface area contributed by atoms with E-state index in [9.17, 15) is 9.59 Å². The molecule has 68 heavy (non-hydrogen) atoms. The lowest BCUT2D eigenvalue weighted by Crippen LogP contribution is -2.16. The summed E-state index contributed by atoms with van der Waals surface area (Å²) in [6.07, 6.45) is 8.34. The number of nitrogens with one attached hydrogen (secondary N) is 2. The summed E-state index contributed by atoms with van der Waals surface area (Å²) in [6, 6.07) is 33.6. The fraction of sp³-hybridized carbons (Fsp3) is 0.258. The van der Waals surface area contributed by atoms with E-state index in [1.54, 1.807) is 0 Å². The van der Waals surface area contributed by atoms with Crippen LogP contribution >= 0.6 is 0 Å². The zero-order valence-corrected chi connectivity index (χ0v) is 41.3. The third-order valence-electron chi connectivity index (χ3n) is 14.3. The first-order valence-electron chi connectivity index (χ1n) is 23.9. The van der Waals surface area contributed by atoms with Crippen LogP contribution in [-0.2, 0) is 21.7 Å². The molecule has 11 rings (SSSR count). The van der Waals surface area contributed by atoms with Crippen LogP contribution in [0.5, 0.6) is 0 Å². The van der Waals surface area contributed by atoms with Crippen LogP contribution < -0.4 is 0 Å². The number of H-pyrrole nitrogens is 2. The van der Waals surface area contributed by atoms with Crippen LogP contribution in [0.15, 0.2) is 97.1 Å². The second-order valence-electron chi connectivity index (χ2n) is 23.2. The van der Waals surface area contributed by atoms with Gasteiger partial charge in [-0.2, -0.15) is 0 Å². The van der Waals surface area contributed by atoms with Crippen LogP contribution in [0.1, 0.15) is 160 Å². The molecule has 4 aliphatic rings. The Balaban J connectivity index is 1.38. The minimum absolute atomic E-state index is 0.0396. The number of nitrogens with zero attached hydrogens (tertiary/aromatic N) is 2. The summed E-state index contributed by atoms with van der Waals surface area (Å²) in [7, 11) is 0. The van der Waals surface area contributed by atoms with Crippen molar-refractivity contribution in [1.29, 1.82) is 0 Å². The number of aromatic nitrogens is 4. The summed E-state index contributed by atoms with van der Waals surface area (Å²) in [6.45, 7) is 27.1. The number of benzene rings is 4. The van der Waals surface area contributed by atoms with E-state index in [1.165, 1.54) is 22.3 Å². The van der Waals surface area contributed by atoms with Crippen molar-refractivity contribution in [3.05, 3.63) is 164 Å². The lowest BCUT2D eigenvalue weighted by atomic mass is 9.78. The van der Waals surface area contributed by atoms with Gasteiger partial charge in [0, 0.05) is 55.5 Å². The van der Waals surface area contributed by atoms with Crippen molar-refractivity contribution in [3.63, 3.8) is 0 Å². The molecule has 0 fully saturated rings. The van der Waals surface area contributed by atoms with E-state index in [-0.39, 0.29) is 33.2 Å². The molecule has 2 aliphatic carbocycles. The minimum atomic E-state index is -0.155. The number of hydrogen-bond donors (Lipinski definition) is 2. The Morgan fingerprint density at radius 2 is 0.647 bits per heavy atom. The Morgan fingerprint density at radius 1 is 0.353 bits per heavy atom. The Bertz CT molecular complexity index is 3330. The molecule has 0 spiro atoms. The fourth-order valence-corrected chi connectivity index (χ4v) is 10.3. The standard InChI is InChI=1S/C62H58N4O2/c1-59(2,3)35-25-33(26-36(29-35)60(4,5)6)51-45-21-22-46(63-45)52(34-27-37(61(7,8)9)30-38(28-34)62(10,11)12)50-32-44-56(66-50)54(40-18-14-16-20-42(40)58(44)68)48-24-23-47(64-48)53-39-17-13-15-19-41(39)57(67)43-31-49(51)65-55(43)53/h13-32,65-66H,1-12H3. The smallest absolute Gasteiger partial charge is 0.195 e. The van der Waals surface area contributed by atoms with Crippen molar-refractivity contribution in [2.45, 2.75) is 105 Å². The van der Waals surface area contributed by atoms with E-state index in [0.29, 0.717) is 22.3 Å². The van der Waals surface area contributed by atoms with Crippen molar-refractivity contribution < 1.29 is 9.59 Å². The Hall–Kier alpha value is -7.18. The van der Waals surface area contributed by atoms with Crippen LogP contribution in [0, 0.1) is 0 Å². The van der Waals surface area contributed by atoms with Gasteiger partial charge in [-0.05, 0) is 103 Å². The second kappa shape index (κ2) is 14.7. The molecule has 7 aromatic rings. The topological polar surface area (TPSA) is 91.5 Å². The number of ketones is 2. The normalized spacial score (nSPS) is 14.1. The maximum atomic E-state index is 14.8. The first kappa shape index (κ1) is 43.4. The fourth-order valence-electron chi connectivity index (χ4n) is 10.3. The van der Waals surface area contributed by atoms with E-state index < -0.39 is 0 Å². The van der Waals surface area contributed by atoms with Crippen molar-refractivity contribution in [3.8, 4) is 44.5 Å². The molecule has 5 heterocycles. The van der Waals surface area contributed by atoms with E-state index in [4.69, 9.17) is 9.97 Å². The molecule has 3 aromatic heterocycles. The average molecular weight is 891 g/mol. The highest BCUT2D eigenvalue weighted by atomic mass is 16.1. The molecule has 0 saturated carbocycles. The van der Waals surface area contributed by atoms with Crippen molar-refractivity contribution in [1.82, 2.24) is 19.9 Å². The van der Waals surface area contributed by atoms with Crippen LogP contribution in [-0.4, -0.2) is 31.5 Å². The molecule has 2 aliphatic heterocycles. The lowest BCUT2D eigenvalue weighted by Gasteiger charge is -2.26. The second-order valence-corrected chi connectivity index (χ2v) is 23.2. The predicted octanol–water partition coefficient (Wildman–Crippen LogP) is 15.6. The summed E-state index contributed by atoms with van der Waals surface area (Å²) in [5.41, 5.74) is 19.9. The first-order valence-corrected chi connectivity index (χ1v) is 23.9. The summed E-state index contributed by atoms with van der Waals surface area (Å²) in [5, 5.41) is 0. The van der Waals surface area contributed by atoms with Crippen LogP contribution in [0.4, 0.5) is 0 Å². The van der Waals surface area contributed by atoms with Gasteiger partial charge in [-0.15, -0.1) is 0 Å². The number of fused-ring (bicyclic) bond motifs is 12. The van der Waals surface area contributed by atoms with Gasteiger partial charge >= 0.3 is 0 Å². The number of aromatic amines is 2. The zero-order valence-electron chi connectivity index (χ0n) is 41.3. The summed E-state index contributed by atoms with van der Waals surface area (Å²) >= 11 is 0. The van der Waals surface area contributed by atoms with Crippen molar-refractivity contribution in [2.75, 3.05) is 0 Å². The molecule has 0 amide bonds. The maximum absolute atomic E-state index is 14.8. The molecule has 2 N–H and O–H groups in total. The minimum Gasteiger partial charge on any atom is -0.354 e. The SMILES string of the molecule is CC(C)(C)c1cc(-c2c3nc(c(-c4cc(C(C)(C)C)cc(C(C)(C)C)c4)c4cc5c([nH]4)c(c4nc(c6c7[nH]c2cc7C(=O)c2ccccc2-6)C=C4)-c2ccccc2C5=O)C=C3)cc(C(C)(C)C)c1. The highest BCUT2D eigenvalue weighted by Gasteiger charge is 2.33. The predicted molar refractivity (Wildman–Crippen MR) is 282 cm³/mol. The van der Waals surface area contributed by atoms with E-state index >= 15 is 0 Å². The molecule has 0 saturated heterocycles. The van der Waals surface area contributed by atoms with Gasteiger partial charge in [0.1, 0.15) is 0 Å².